The van der Waals surface area contributed by atoms with Crippen LogP contribution in [0.15, 0.2) is 6.33 Å². The third-order valence-corrected chi connectivity index (χ3v) is 5.20. The summed E-state index contributed by atoms with van der Waals surface area (Å²) >= 11 is 0. The molecule has 0 aromatic carbocycles. The minimum absolute atomic E-state index is 0.424. The van der Waals surface area contributed by atoms with Crippen molar-refractivity contribution in [3.8, 4) is 0 Å². The minimum Gasteiger partial charge on any atom is -0.367 e. The normalized spacial score (nSPS) is 23.0. The average molecular weight is 301 g/mol. The van der Waals surface area contributed by atoms with E-state index in [2.05, 4.69) is 48.1 Å². The van der Waals surface area contributed by atoms with Crippen LogP contribution < -0.4 is 5.32 Å². The van der Waals surface area contributed by atoms with Crippen LogP contribution in [0.2, 0.25) is 0 Å². The van der Waals surface area contributed by atoms with Gasteiger partial charge >= 0.3 is 0 Å². The van der Waals surface area contributed by atoms with E-state index < -0.39 is 0 Å². The van der Waals surface area contributed by atoms with Crippen molar-refractivity contribution in [1.29, 1.82) is 0 Å². The molecule has 1 aliphatic carbocycles. The summed E-state index contributed by atoms with van der Waals surface area (Å²) in [6.07, 6.45) is 6.61. The number of aryl methyl sites for hydroxylation is 1. The van der Waals surface area contributed by atoms with E-state index in [0.29, 0.717) is 17.2 Å². The van der Waals surface area contributed by atoms with Crippen molar-refractivity contribution in [3.63, 3.8) is 0 Å². The molecule has 2 aromatic heterocycles. The molecule has 0 atom stereocenters. The number of nitrogens with zero attached hydrogens (tertiary/aromatic N) is 4. The van der Waals surface area contributed by atoms with Crippen LogP contribution in [-0.2, 0) is 0 Å². The van der Waals surface area contributed by atoms with E-state index in [0.717, 1.165) is 23.0 Å². The maximum absolute atomic E-state index is 4.48. The van der Waals surface area contributed by atoms with Gasteiger partial charge in [-0.2, -0.15) is 14.6 Å². The van der Waals surface area contributed by atoms with Crippen molar-refractivity contribution >= 4 is 11.6 Å². The highest BCUT2D eigenvalue weighted by Crippen LogP contribution is 2.38. The molecule has 0 aliphatic heterocycles. The van der Waals surface area contributed by atoms with E-state index in [1.807, 2.05) is 11.4 Å². The maximum atomic E-state index is 4.48. The Morgan fingerprint density at radius 2 is 1.82 bits per heavy atom. The summed E-state index contributed by atoms with van der Waals surface area (Å²) in [4.78, 5) is 8.70. The van der Waals surface area contributed by atoms with E-state index in [4.69, 9.17) is 0 Å². The van der Waals surface area contributed by atoms with Gasteiger partial charge in [-0.1, -0.05) is 20.8 Å². The van der Waals surface area contributed by atoms with E-state index in [1.165, 1.54) is 25.7 Å². The summed E-state index contributed by atoms with van der Waals surface area (Å²) in [5.41, 5.74) is 2.61. The lowest BCUT2D eigenvalue weighted by Crippen LogP contribution is -2.32. The van der Waals surface area contributed by atoms with E-state index in [1.54, 1.807) is 6.33 Å². The van der Waals surface area contributed by atoms with Crippen LogP contribution in [0, 0.1) is 25.2 Å². The summed E-state index contributed by atoms with van der Waals surface area (Å²) in [7, 11) is 0. The number of aromatic nitrogens is 4. The molecular weight excluding hydrogens is 274 g/mol. The van der Waals surface area contributed by atoms with Gasteiger partial charge in [0.25, 0.3) is 5.78 Å². The molecule has 5 heteroatoms. The number of anilines is 1. The van der Waals surface area contributed by atoms with Crippen molar-refractivity contribution in [2.45, 2.75) is 66.3 Å². The first-order valence-electron chi connectivity index (χ1n) is 8.29. The topological polar surface area (TPSA) is 55.1 Å². The fraction of sp³-hybridized carbons (Fsp3) is 0.706. The molecule has 1 aliphatic rings. The largest absolute Gasteiger partial charge is 0.367 e. The van der Waals surface area contributed by atoms with Gasteiger partial charge in [0.1, 0.15) is 12.1 Å². The summed E-state index contributed by atoms with van der Waals surface area (Å²) in [6, 6.07) is 0.520. The van der Waals surface area contributed by atoms with Crippen molar-refractivity contribution in [1.82, 2.24) is 19.6 Å². The Kier molecular flexibility index (Phi) is 3.83. The third-order valence-electron chi connectivity index (χ3n) is 5.20. The van der Waals surface area contributed by atoms with Gasteiger partial charge in [-0.25, -0.2) is 4.98 Å². The van der Waals surface area contributed by atoms with Gasteiger partial charge in [0.15, 0.2) is 0 Å². The van der Waals surface area contributed by atoms with Gasteiger partial charge in [-0.3, -0.25) is 0 Å². The third kappa shape index (κ3) is 2.81. The number of fused-ring (bicyclic) bond motifs is 1. The summed E-state index contributed by atoms with van der Waals surface area (Å²) < 4.78 is 1.83. The first kappa shape index (κ1) is 15.3. The van der Waals surface area contributed by atoms with Crippen LogP contribution in [0.1, 0.15) is 57.7 Å². The Bertz CT molecular complexity index is 659. The highest BCUT2D eigenvalue weighted by molar-refractivity contribution is 5.52. The highest BCUT2D eigenvalue weighted by atomic mass is 15.4. The second kappa shape index (κ2) is 5.52. The number of rotatable bonds is 2. The molecule has 0 bridgehead atoms. The molecule has 120 valence electrons. The second-order valence-corrected chi connectivity index (χ2v) is 7.70. The Morgan fingerprint density at radius 1 is 1.14 bits per heavy atom. The molecule has 1 saturated carbocycles. The molecular formula is C17H27N5. The molecule has 1 N–H and O–H groups in total. The first-order chi connectivity index (χ1) is 10.4. The zero-order chi connectivity index (χ0) is 15.9. The molecule has 0 spiro atoms. The Labute approximate surface area is 132 Å². The fourth-order valence-corrected chi connectivity index (χ4v) is 3.50. The molecule has 2 heterocycles. The lowest BCUT2D eigenvalue weighted by Gasteiger charge is -2.37. The summed E-state index contributed by atoms with van der Waals surface area (Å²) in [5, 5.41) is 8.03. The smallest absolute Gasteiger partial charge is 0.254 e. The lowest BCUT2D eigenvalue weighted by atomic mass is 9.71. The lowest BCUT2D eigenvalue weighted by molar-refractivity contribution is 0.173. The molecule has 5 nitrogen and oxygen atoms in total. The predicted molar refractivity (Wildman–Crippen MR) is 89.1 cm³/mol. The van der Waals surface area contributed by atoms with E-state index in [9.17, 15) is 0 Å². The standard InChI is InChI=1S/C17H27N5/c1-11-12(2)20-16-18-10-19-22(16)15(11)21-14-8-6-13(7-9-14)17(3,4)5/h10,13-14,21H,6-9H2,1-5H3. The minimum atomic E-state index is 0.424. The van der Waals surface area contributed by atoms with Crippen LogP contribution in [0.5, 0.6) is 0 Å². The molecule has 1 fully saturated rings. The Morgan fingerprint density at radius 3 is 2.45 bits per heavy atom. The number of hydrogen-bond acceptors (Lipinski definition) is 4. The number of nitrogens with one attached hydrogen (secondary N) is 1. The molecule has 22 heavy (non-hydrogen) atoms. The average Bonchev–Trinajstić information content (AvgIpc) is 2.91. The summed E-state index contributed by atoms with van der Waals surface area (Å²) in [5.74, 6) is 2.56. The van der Waals surface area contributed by atoms with Crippen molar-refractivity contribution in [2.75, 3.05) is 5.32 Å². The molecule has 0 radical (unpaired) electrons. The highest BCUT2D eigenvalue weighted by Gasteiger charge is 2.30. The number of hydrogen-bond donors (Lipinski definition) is 1. The maximum Gasteiger partial charge on any atom is 0.254 e. The van der Waals surface area contributed by atoms with Crippen LogP contribution in [-0.4, -0.2) is 25.6 Å². The zero-order valence-electron chi connectivity index (χ0n) is 14.3. The molecule has 2 aromatic rings. The van der Waals surface area contributed by atoms with Crippen molar-refractivity contribution in [3.05, 3.63) is 17.6 Å². The van der Waals surface area contributed by atoms with Crippen molar-refractivity contribution < 1.29 is 0 Å². The van der Waals surface area contributed by atoms with Crippen molar-refractivity contribution in [2.24, 2.45) is 11.3 Å². The monoisotopic (exact) mass is 301 g/mol. The van der Waals surface area contributed by atoms with Gasteiger partial charge in [-0.05, 0) is 50.9 Å². The second-order valence-electron chi connectivity index (χ2n) is 7.70. The van der Waals surface area contributed by atoms with Gasteiger partial charge in [-0.15, -0.1) is 0 Å². The van der Waals surface area contributed by atoms with Gasteiger partial charge < -0.3 is 5.32 Å². The summed E-state index contributed by atoms with van der Waals surface area (Å²) in [6.45, 7) is 11.2. The molecule has 0 saturated heterocycles. The van der Waals surface area contributed by atoms with E-state index in [-0.39, 0.29) is 0 Å². The van der Waals surface area contributed by atoms with Crippen LogP contribution in [0.3, 0.4) is 0 Å². The Balaban J connectivity index is 1.78. The van der Waals surface area contributed by atoms with Gasteiger partial charge in [0.05, 0.1) is 0 Å². The molecule has 0 amide bonds. The van der Waals surface area contributed by atoms with Crippen LogP contribution in [0.25, 0.3) is 5.78 Å². The quantitative estimate of drug-likeness (QED) is 0.917. The molecule has 0 unspecified atom stereocenters. The van der Waals surface area contributed by atoms with Crippen LogP contribution >= 0.6 is 0 Å². The predicted octanol–water partition coefficient (Wildman–Crippen LogP) is 3.76. The van der Waals surface area contributed by atoms with Gasteiger partial charge in [0.2, 0.25) is 0 Å². The van der Waals surface area contributed by atoms with Crippen LogP contribution in [0.4, 0.5) is 5.82 Å². The molecule has 3 rings (SSSR count). The zero-order valence-corrected chi connectivity index (χ0v) is 14.3. The van der Waals surface area contributed by atoms with Gasteiger partial charge in [0, 0.05) is 17.3 Å². The first-order valence-corrected chi connectivity index (χ1v) is 8.29. The van der Waals surface area contributed by atoms with E-state index >= 15 is 0 Å². The fourth-order valence-electron chi connectivity index (χ4n) is 3.50. The SMILES string of the molecule is Cc1nc2ncnn2c(NC2CCC(C(C)(C)C)CC2)c1C. The Hall–Kier alpha value is -1.65.